The maximum absolute atomic E-state index is 11.6. The lowest BCUT2D eigenvalue weighted by Gasteiger charge is -2.33. The minimum Gasteiger partial charge on any atom is -0.357 e. The second-order valence-corrected chi connectivity index (χ2v) is 7.65. The predicted molar refractivity (Wildman–Crippen MR) is 114 cm³/mol. The summed E-state index contributed by atoms with van der Waals surface area (Å²) >= 11 is 0. The van der Waals surface area contributed by atoms with Gasteiger partial charge in [-0.25, -0.2) is 4.79 Å². The number of carbonyl (C=O) groups excluding carboxylic acids is 2. The van der Waals surface area contributed by atoms with E-state index in [4.69, 9.17) is 0 Å². The number of nitrogens with zero attached hydrogens (tertiary/aromatic N) is 3. The number of urea groups is 1. The monoisotopic (exact) mass is 400 g/mol. The van der Waals surface area contributed by atoms with E-state index in [1.165, 1.54) is 16.0 Å². The molecule has 2 saturated heterocycles. The average Bonchev–Trinajstić information content (AvgIpc) is 3.02. The maximum atomic E-state index is 11.6. The lowest BCUT2D eigenvalue weighted by atomic mass is 10.0. The molecular weight excluding hydrogens is 368 g/mol. The Labute approximate surface area is 172 Å². The fraction of sp³-hybridized carbons (Fsp3) is 0.571. The standard InChI is InChI=1S/C21H32N6O2/c1-3-22-20(23-9-12-27-19(28)14-24-21(27)29)25-18-7-10-26(11-8-18)15-17-6-4-5-16(2)13-17/h4-6,13,18H,3,7-12,14-15H2,1-2H3,(H,24,29)(H2,22,23,25). The van der Waals surface area contributed by atoms with Crippen molar-refractivity contribution in [1.82, 2.24) is 25.8 Å². The average molecular weight is 401 g/mol. The van der Waals surface area contributed by atoms with Gasteiger partial charge in [0.15, 0.2) is 5.96 Å². The summed E-state index contributed by atoms with van der Waals surface area (Å²) in [5.74, 6) is 0.556. The van der Waals surface area contributed by atoms with Crippen LogP contribution in [0.3, 0.4) is 0 Å². The van der Waals surface area contributed by atoms with Crippen LogP contribution in [0, 0.1) is 6.92 Å². The number of nitrogens with one attached hydrogen (secondary N) is 3. The lowest BCUT2D eigenvalue weighted by Crippen LogP contribution is -2.48. The summed E-state index contributed by atoms with van der Waals surface area (Å²) in [4.78, 5) is 31.5. The third kappa shape index (κ3) is 6.19. The van der Waals surface area contributed by atoms with Crippen LogP contribution in [-0.4, -0.2) is 73.0 Å². The highest BCUT2D eigenvalue weighted by Crippen LogP contribution is 2.14. The highest BCUT2D eigenvalue weighted by Gasteiger charge is 2.27. The smallest absolute Gasteiger partial charge is 0.324 e. The summed E-state index contributed by atoms with van der Waals surface area (Å²) in [5, 5.41) is 9.29. The Morgan fingerprint density at radius 2 is 2.07 bits per heavy atom. The fourth-order valence-electron chi connectivity index (χ4n) is 3.76. The summed E-state index contributed by atoms with van der Waals surface area (Å²) in [6.07, 6.45) is 2.12. The van der Waals surface area contributed by atoms with Gasteiger partial charge in [0, 0.05) is 32.2 Å². The zero-order valence-electron chi connectivity index (χ0n) is 17.4. The normalized spacial score (nSPS) is 18.8. The summed E-state index contributed by atoms with van der Waals surface area (Å²) in [6.45, 7) is 8.79. The number of amides is 3. The van der Waals surface area contributed by atoms with Crippen molar-refractivity contribution >= 4 is 17.9 Å². The van der Waals surface area contributed by atoms with Crippen LogP contribution in [0.4, 0.5) is 4.79 Å². The van der Waals surface area contributed by atoms with Crippen LogP contribution >= 0.6 is 0 Å². The Morgan fingerprint density at radius 1 is 1.28 bits per heavy atom. The fourth-order valence-corrected chi connectivity index (χ4v) is 3.76. The first kappa shape index (κ1) is 21.1. The molecule has 0 spiro atoms. The van der Waals surface area contributed by atoms with Crippen molar-refractivity contribution in [2.45, 2.75) is 39.3 Å². The molecule has 0 aliphatic carbocycles. The van der Waals surface area contributed by atoms with E-state index in [2.05, 4.69) is 57.0 Å². The number of piperidine rings is 1. The van der Waals surface area contributed by atoms with Crippen molar-refractivity contribution < 1.29 is 9.59 Å². The third-order valence-corrected chi connectivity index (χ3v) is 5.29. The number of carbonyl (C=O) groups is 2. The van der Waals surface area contributed by atoms with Crippen LogP contribution in [0.25, 0.3) is 0 Å². The largest absolute Gasteiger partial charge is 0.357 e. The Hall–Kier alpha value is -2.61. The first-order valence-electron chi connectivity index (χ1n) is 10.5. The highest BCUT2D eigenvalue weighted by molar-refractivity contribution is 6.01. The molecule has 0 atom stereocenters. The van der Waals surface area contributed by atoms with Gasteiger partial charge >= 0.3 is 6.03 Å². The van der Waals surface area contributed by atoms with E-state index in [9.17, 15) is 9.59 Å². The Kier molecular flexibility index (Phi) is 7.46. The summed E-state index contributed by atoms with van der Waals surface area (Å²) in [5.41, 5.74) is 2.67. The number of benzene rings is 1. The van der Waals surface area contributed by atoms with E-state index in [1.54, 1.807) is 0 Å². The molecule has 2 fully saturated rings. The van der Waals surface area contributed by atoms with Gasteiger partial charge in [0.2, 0.25) is 5.91 Å². The summed E-state index contributed by atoms with van der Waals surface area (Å²) < 4.78 is 0. The van der Waals surface area contributed by atoms with Gasteiger partial charge in [-0.1, -0.05) is 29.8 Å². The first-order valence-corrected chi connectivity index (χ1v) is 10.5. The Morgan fingerprint density at radius 3 is 2.72 bits per heavy atom. The molecule has 3 rings (SSSR count). The molecule has 1 aromatic carbocycles. The van der Waals surface area contributed by atoms with Gasteiger partial charge in [-0.3, -0.25) is 19.6 Å². The zero-order valence-corrected chi connectivity index (χ0v) is 17.4. The van der Waals surface area contributed by atoms with Crippen molar-refractivity contribution in [3.63, 3.8) is 0 Å². The Bertz CT molecular complexity index is 726. The molecule has 0 saturated carbocycles. The van der Waals surface area contributed by atoms with Crippen molar-refractivity contribution in [2.75, 3.05) is 39.3 Å². The van der Waals surface area contributed by atoms with E-state index in [-0.39, 0.29) is 18.5 Å². The maximum Gasteiger partial charge on any atom is 0.324 e. The van der Waals surface area contributed by atoms with E-state index >= 15 is 0 Å². The van der Waals surface area contributed by atoms with Crippen LogP contribution in [0.5, 0.6) is 0 Å². The van der Waals surface area contributed by atoms with Gasteiger partial charge < -0.3 is 16.0 Å². The molecule has 0 bridgehead atoms. The number of likely N-dealkylation sites (tertiary alicyclic amines) is 1. The summed E-state index contributed by atoms with van der Waals surface area (Å²) in [7, 11) is 0. The number of rotatable bonds is 7. The topological polar surface area (TPSA) is 89.1 Å². The molecule has 8 heteroatoms. The molecule has 0 aromatic heterocycles. The predicted octanol–water partition coefficient (Wildman–Crippen LogP) is 1.07. The van der Waals surface area contributed by atoms with Gasteiger partial charge in [-0.2, -0.15) is 0 Å². The van der Waals surface area contributed by atoms with Crippen molar-refractivity contribution in [2.24, 2.45) is 4.99 Å². The van der Waals surface area contributed by atoms with E-state index < -0.39 is 0 Å². The van der Waals surface area contributed by atoms with E-state index in [0.717, 1.165) is 45.0 Å². The molecule has 8 nitrogen and oxygen atoms in total. The Balaban J connectivity index is 1.45. The number of hydrogen-bond acceptors (Lipinski definition) is 4. The minimum atomic E-state index is -0.329. The van der Waals surface area contributed by atoms with Gasteiger partial charge in [0.1, 0.15) is 0 Å². The van der Waals surface area contributed by atoms with Crippen molar-refractivity contribution in [3.8, 4) is 0 Å². The van der Waals surface area contributed by atoms with Crippen LogP contribution in [0.2, 0.25) is 0 Å². The number of imide groups is 1. The van der Waals surface area contributed by atoms with Gasteiger partial charge in [-0.15, -0.1) is 0 Å². The first-order chi connectivity index (χ1) is 14.0. The van der Waals surface area contributed by atoms with Crippen LogP contribution in [-0.2, 0) is 11.3 Å². The molecule has 2 heterocycles. The molecule has 29 heavy (non-hydrogen) atoms. The van der Waals surface area contributed by atoms with Crippen LogP contribution < -0.4 is 16.0 Å². The SMILES string of the molecule is CCNC(=NCCN1C(=O)CNC1=O)NC1CCN(Cc2cccc(C)c2)CC1. The van der Waals surface area contributed by atoms with Gasteiger partial charge in [-0.05, 0) is 32.3 Å². The quantitative estimate of drug-likeness (QED) is 0.362. The van der Waals surface area contributed by atoms with Crippen LogP contribution in [0.15, 0.2) is 29.3 Å². The number of guanidine groups is 1. The lowest BCUT2D eigenvalue weighted by molar-refractivity contribution is -0.124. The molecular formula is C21H32N6O2. The molecule has 3 amide bonds. The number of aryl methyl sites for hydroxylation is 1. The van der Waals surface area contributed by atoms with Gasteiger partial charge in [0.05, 0.1) is 19.6 Å². The van der Waals surface area contributed by atoms with Crippen molar-refractivity contribution in [3.05, 3.63) is 35.4 Å². The van der Waals surface area contributed by atoms with Crippen LogP contribution in [0.1, 0.15) is 30.9 Å². The molecule has 158 valence electrons. The number of aliphatic imine (C=N–C) groups is 1. The second-order valence-electron chi connectivity index (χ2n) is 7.65. The van der Waals surface area contributed by atoms with E-state index in [0.29, 0.717) is 19.1 Å². The molecule has 2 aliphatic heterocycles. The number of hydrogen-bond donors (Lipinski definition) is 3. The zero-order chi connectivity index (χ0) is 20.6. The summed E-state index contributed by atoms with van der Waals surface area (Å²) in [6, 6.07) is 8.75. The molecule has 0 unspecified atom stereocenters. The van der Waals surface area contributed by atoms with Gasteiger partial charge in [0.25, 0.3) is 0 Å². The van der Waals surface area contributed by atoms with Crippen molar-refractivity contribution in [1.29, 1.82) is 0 Å². The second kappa shape index (κ2) is 10.2. The molecule has 2 aliphatic rings. The molecule has 3 N–H and O–H groups in total. The highest BCUT2D eigenvalue weighted by atomic mass is 16.2. The third-order valence-electron chi connectivity index (χ3n) is 5.29. The minimum absolute atomic E-state index is 0.0853. The van der Waals surface area contributed by atoms with E-state index in [1.807, 2.05) is 6.92 Å². The molecule has 1 aromatic rings. The molecule has 0 radical (unpaired) electrons.